The predicted octanol–water partition coefficient (Wildman–Crippen LogP) is -0.175. The first-order chi connectivity index (χ1) is 7.42. The highest BCUT2D eigenvalue weighted by Crippen LogP contribution is 2.01. The van der Waals surface area contributed by atoms with Crippen molar-refractivity contribution < 1.29 is 9.59 Å². The first kappa shape index (κ1) is 14.9. The van der Waals surface area contributed by atoms with Gasteiger partial charge in [0.1, 0.15) is 6.04 Å². The van der Waals surface area contributed by atoms with Gasteiger partial charge in [-0.05, 0) is 19.5 Å². The summed E-state index contributed by atoms with van der Waals surface area (Å²) in [5.74, 6) is -0.190. The standard InChI is InChI=1S/C11H23N3O2/c1-6-14(5)7-9(15)13-10(8(2)3)11(16)12-4/h8,10H,6-7H2,1-5H3,(H,12,16)(H,13,15). The number of nitrogens with one attached hydrogen (secondary N) is 2. The molecule has 0 aliphatic heterocycles. The third-order valence-electron chi connectivity index (χ3n) is 2.47. The number of hydrogen-bond acceptors (Lipinski definition) is 3. The van der Waals surface area contributed by atoms with Crippen LogP contribution in [0.5, 0.6) is 0 Å². The van der Waals surface area contributed by atoms with Crippen LogP contribution in [0.3, 0.4) is 0 Å². The monoisotopic (exact) mass is 229 g/mol. The van der Waals surface area contributed by atoms with Gasteiger partial charge in [0.15, 0.2) is 0 Å². The highest BCUT2D eigenvalue weighted by atomic mass is 16.2. The molecule has 5 heteroatoms. The second-order valence-electron chi connectivity index (χ2n) is 4.23. The van der Waals surface area contributed by atoms with Crippen molar-refractivity contribution >= 4 is 11.8 Å². The third kappa shape index (κ3) is 5.11. The average Bonchev–Trinajstić information content (AvgIpc) is 2.24. The fourth-order valence-electron chi connectivity index (χ4n) is 1.27. The topological polar surface area (TPSA) is 61.4 Å². The first-order valence-electron chi connectivity index (χ1n) is 5.61. The number of hydrogen-bond donors (Lipinski definition) is 2. The molecule has 0 aromatic carbocycles. The maximum absolute atomic E-state index is 11.6. The Balaban J connectivity index is 4.30. The van der Waals surface area contributed by atoms with Gasteiger partial charge >= 0.3 is 0 Å². The van der Waals surface area contributed by atoms with Gasteiger partial charge in [-0.2, -0.15) is 0 Å². The molecule has 0 bridgehead atoms. The largest absolute Gasteiger partial charge is 0.357 e. The lowest BCUT2D eigenvalue weighted by Gasteiger charge is -2.22. The Morgan fingerprint density at radius 3 is 2.25 bits per heavy atom. The van der Waals surface area contributed by atoms with Gasteiger partial charge in [0, 0.05) is 7.05 Å². The molecule has 5 nitrogen and oxygen atoms in total. The summed E-state index contributed by atoms with van der Waals surface area (Å²) in [5, 5.41) is 5.29. The Morgan fingerprint density at radius 2 is 1.88 bits per heavy atom. The van der Waals surface area contributed by atoms with Crippen LogP contribution in [0.25, 0.3) is 0 Å². The van der Waals surface area contributed by atoms with Crippen molar-refractivity contribution in [2.75, 3.05) is 27.2 Å². The summed E-state index contributed by atoms with van der Waals surface area (Å²) >= 11 is 0. The number of likely N-dealkylation sites (N-methyl/N-ethyl adjacent to an activating group) is 2. The Bertz CT molecular complexity index is 241. The zero-order valence-corrected chi connectivity index (χ0v) is 10.8. The molecule has 0 heterocycles. The second kappa shape index (κ2) is 7.22. The van der Waals surface area contributed by atoms with Gasteiger partial charge in [-0.25, -0.2) is 0 Å². The lowest BCUT2D eigenvalue weighted by Crippen LogP contribution is -2.50. The summed E-state index contributed by atoms with van der Waals surface area (Å²) in [6, 6.07) is -0.456. The predicted molar refractivity (Wildman–Crippen MR) is 64.0 cm³/mol. The van der Waals surface area contributed by atoms with Crippen molar-refractivity contribution in [2.45, 2.75) is 26.8 Å². The van der Waals surface area contributed by atoms with Gasteiger partial charge in [-0.1, -0.05) is 20.8 Å². The minimum Gasteiger partial charge on any atom is -0.357 e. The first-order valence-corrected chi connectivity index (χ1v) is 5.61. The zero-order chi connectivity index (χ0) is 12.7. The van der Waals surface area contributed by atoms with E-state index in [4.69, 9.17) is 0 Å². The normalized spacial score (nSPS) is 12.7. The van der Waals surface area contributed by atoms with Crippen LogP contribution in [0.15, 0.2) is 0 Å². The van der Waals surface area contributed by atoms with E-state index in [0.29, 0.717) is 6.54 Å². The van der Waals surface area contributed by atoms with Crippen LogP contribution in [0.2, 0.25) is 0 Å². The molecule has 0 aliphatic rings. The lowest BCUT2D eigenvalue weighted by atomic mass is 10.0. The molecule has 94 valence electrons. The van der Waals surface area contributed by atoms with E-state index in [1.165, 1.54) is 0 Å². The summed E-state index contributed by atoms with van der Waals surface area (Å²) in [4.78, 5) is 25.0. The Morgan fingerprint density at radius 1 is 1.31 bits per heavy atom. The molecule has 0 radical (unpaired) electrons. The summed E-state index contributed by atoms with van der Waals surface area (Å²) < 4.78 is 0. The molecular weight excluding hydrogens is 206 g/mol. The fraction of sp³-hybridized carbons (Fsp3) is 0.818. The molecule has 0 aromatic rings. The number of carbonyl (C=O) groups excluding carboxylic acids is 2. The number of rotatable bonds is 6. The smallest absolute Gasteiger partial charge is 0.242 e. The highest BCUT2D eigenvalue weighted by Gasteiger charge is 2.23. The van der Waals surface area contributed by atoms with E-state index < -0.39 is 6.04 Å². The molecule has 0 fully saturated rings. The lowest BCUT2D eigenvalue weighted by molar-refractivity contribution is -0.130. The fourth-order valence-corrected chi connectivity index (χ4v) is 1.27. The van der Waals surface area contributed by atoms with Crippen LogP contribution >= 0.6 is 0 Å². The molecule has 0 saturated heterocycles. The van der Waals surface area contributed by atoms with Crippen molar-refractivity contribution in [1.29, 1.82) is 0 Å². The zero-order valence-electron chi connectivity index (χ0n) is 10.8. The molecule has 0 spiro atoms. The van der Waals surface area contributed by atoms with Crippen LogP contribution in [0.4, 0.5) is 0 Å². The van der Waals surface area contributed by atoms with Crippen LogP contribution in [-0.2, 0) is 9.59 Å². The minimum absolute atomic E-state index is 0.0795. The Labute approximate surface area is 97.6 Å². The van der Waals surface area contributed by atoms with Crippen LogP contribution in [0, 0.1) is 5.92 Å². The van der Waals surface area contributed by atoms with Crippen LogP contribution < -0.4 is 10.6 Å². The Kier molecular flexibility index (Phi) is 6.72. The SMILES string of the molecule is CCN(C)CC(=O)NC(C(=O)NC)C(C)C. The van der Waals surface area contributed by atoms with Gasteiger partial charge in [0.05, 0.1) is 6.54 Å². The Hall–Kier alpha value is -1.10. The quantitative estimate of drug-likeness (QED) is 0.664. The minimum atomic E-state index is -0.456. The third-order valence-corrected chi connectivity index (χ3v) is 2.47. The number of carbonyl (C=O) groups is 2. The van der Waals surface area contributed by atoms with Gasteiger partial charge in [-0.3, -0.25) is 14.5 Å². The van der Waals surface area contributed by atoms with Crippen molar-refractivity contribution in [1.82, 2.24) is 15.5 Å². The summed E-state index contributed by atoms with van der Waals surface area (Å²) in [5.41, 5.74) is 0. The number of nitrogens with zero attached hydrogens (tertiary/aromatic N) is 1. The van der Waals surface area contributed by atoms with Crippen molar-refractivity contribution in [2.24, 2.45) is 5.92 Å². The molecule has 0 rings (SSSR count). The second-order valence-corrected chi connectivity index (χ2v) is 4.23. The number of amides is 2. The van der Waals surface area contributed by atoms with E-state index in [1.54, 1.807) is 7.05 Å². The van der Waals surface area contributed by atoms with E-state index in [2.05, 4.69) is 10.6 Å². The molecule has 0 aromatic heterocycles. The molecule has 1 unspecified atom stereocenters. The van der Waals surface area contributed by atoms with E-state index in [-0.39, 0.29) is 17.7 Å². The molecular formula is C11H23N3O2. The summed E-state index contributed by atoms with van der Waals surface area (Å²) in [6.07, 6.45) is 0. The molecule has 0 aliphatic carbocycles. The maximum atomic E-state index is 11.6. The molecule has 2 N–H and O–H groups in total. The van der Waals surface area contributed by atoms with E-state index in [1.807, 2.05) is 32.7 Å². The van der Waals surface area contributed by atoms with Gasteiger partial charge < -0.3 is 10.6 Å². The van der Waals surface area contributed by atoms with Crippen molar-refractivity contribution in [3.8, 4) is 0 Å². The van der Waals surface area contributed by atoms with Gasteiger partial charge in [0.25, 0.3) is 0 Å². The van der Waals surface area contributed by atoms with Crippen LogP contribution in [0.1, 0.15) is 20.8 Å². The van der Waals surface area contributed by atoms with Crippen molar-refractivity contribution in [3.05, 3.63) is 0 Å². The summed E-state index contributed by atoms with van der Waals surface area (Å²) in [6.45, 7) is 6.91. The van der Waals surface area contributed by atoms with E-state index in [0.717, 1.165) is 6.54 Å². The average molecular weight is 229 g/mol. The highest BCUT2D eigenvalue weighted by molar-refractivity contribution is 5.88. The molecule has 16 heavy (non-hydrogen) atoms. The van der Waals surface area contributed by atoms with Gasteiger partial charge in [0.2, 0.25) is 11.8 Å². The van der Waals surface area contributed by atoms with Crippen LogP contribution in [-0.4, -0.2) is 49.9 Å². The van der Waals surface area contributed by atoms with E-state index >= 15 is 0 Å². The maximum Gasteiger partial charge on any atom is 0.242 e. The van der Waals surface area contributed by atoms with Crippen molar-refractivity contribution in [3.63, 3.8) is 0 Å². The molecule has 0 saturated carbocycles. The van der Waals surface area contributed by atoms with Gasteiger partial charge in [-0.15, -0.1) is 0 Å². The van der Waals surface area contributed by atoms with E-state index in [9.17, 15) is 9.59 Å². The molecule has 2 amide bonds. The summed E-state index contributed by atoms with van der Waals surface area (Å²) in [7, 11) is 3.44. The molecule has 1 atom stereocenters.